The van der Waals surface area contributed by atoms with Crippen molar-refractivity contribution in [3.8, 4) is 0 Å². The minimum absolute atomic E-state index is 0.0826. The molecule has 1 fully saturated rings. The van der Waals surface area contributed by atoms with Crippen molar-refractivity contribution in [2.75, 3.05) is 18.5 Å². The van der Waals surface area contributed by atoms with Gasteiger partial charge in [0.25, 0.3) is 0 Å². The first-order valence-corrected chi connectivity index (χ1v) is 8.28. The van der Waals surface area contributed by atoms with Gasteiger partial charge in [0.05, 0.1) is 6.26 Å². The Morgan fingerprint density at radius 1 is 1.22 bits per heavy atom. The number of rotatable bonds is 2. The van der Waals surface area contributed by atoms with Crippen LogP contribution in [0.1, 0.15) is 30.6 Å². The molecule has 2 heterocycles. The normalized spacial score (nSPS) is 26.6. The highest BCUT2D eigenvalue weighted by Crippen LogP contribution is 2.49. The molecule has 0 spiro atoms. The van der Waals surface area contributed by atoms with E-state index < -0.39 is 0 Å². The summed E-state index contributed by atoms with van der Waals surface area (Å²) in [7, 11) is 2.10. The Morgan fingerprint density at radius 2 is 2.04 bits per heavy atom. The van der Waals surface area contributed by atoms with E-state index >= 15 is 0 Å². The van der Waals surface area contributed by atoms with Crippen molar-refractivity contribution in [2.24, 2.45) is 5.92 Å². The number of amides is 1. The molecule has 0 bridgehead atoms. The van der Waals surface area contributed by atoms with E-state index in [4.69, 9.17) is 4.42 Å². The summed E-state index contributed by atoms with van der Waals surface area (Å²) in [5, 5.41) is 0. The number of nitrogens with zero attached hydrogens (tertiary/aromatic N) is 2. The van der Waals surface area contributed by atoms with Gasteiger partial charge in [-0.1, -0.05) is 18.2 Å². The van der Waals surface area contributed by atoms with Crippen LogP contribution in [0.15, 0.2) is 47.1 Å². The van der Waals surface area contributed by atoms with Gasteiger partial charge in [0.1, 0.15) is 5.76 Å². The third-order valence-corrected chi connectivity index (χ3v) is 5.11. The summed E-state index contributed by atoms with van der Waals surface area (Å²) in [6.45, 7) is 3.70. The second-order valence-corrected chi connectivity index (χ2v) is 6.79. The monoisotopic (exact) mass is 310 g/mol. The average Bonchev–Trinajstić information content (AvgIpc) is 3.20. The van der Waals surface area contributed by atoms with Crippen molar-refractivity contribution in [2.45, 2.75) is 31.8 Å². The van der Waals surface area contributed by atoms with Crippen LogP contribution in [0, 0.1) is 5.92 Å². The molecule has 4 nitrogen and oxygen atoms in total. The zero-order valence-corrected chi connectivity index (χ0v) is 13.6. The van der Waals surface area contributed by atoms with Crippen LogP contribution in [0.3, 0.4) is 0 Å². The first-order valence-electron chi connectivity index (χ1n) is 8.28. The summed E-state index contributed by atoms with van der Waals surface area (Å²) in [5.74, 6) is 1.56. The second kappa shape index (κ2) is 5.44. The Bertz CT molecular complexity index is 710. The lowest BCUT2D eigenvalue weighted by Crippen LogP contribution is -2.42. The Morgan fingerprint density at radius 3 is 2.83 bits per heavy atom. The number of hydrogen-bond acceptors (Lipinski definition) is 3. The molecular formula is C19H22N2O2. The summed E-state index contributed by atoms with van der Waals surface area (Å²) < 4.78 is 5.47. The van der Waals surface area contributed by atoms with E-state index in [1.54, 1.807) is 6.26 Å². The van der Waals surface area contributed by atoms with Crippen molar-refractivity contribution in [3.63, 3.8) is 0 Å². The fourth-order valence-corrected chi connectivity index (χ4v) is 3.74. The number of likely N-dealkylation sites (N-methyl/N-ethyl adjacent to an activating group) is 1. The highest BCUT2D eigenvalue weighted by Gasteiger charge is 2.48. The van der Waals surface area contributed by atoms with Gasteiger partial charge >= 0.3 is 0 Å². The fourth-order valence-electron chi connectivity index (χ4n) is 3.74. The van der Waals surface area contributed by atoms with E-state index in [2.05, 4.69) is 42.0 Å². The predicted molar refractivity (Wildman–Crippen MR) is 89.3 cm³/mol. The number of para-hydroxylation sites is 1. The van der Waals surface area contributed by atoms with Crippen LogP contribution in [0.25, 0.3) is 0 Å². The molecule has 1 aromatic carbocycles. The van der Waals surface area contributed by atoms with Crippen LogP contribution in [0.5, 0.6) is 0 Å². The second-order valence-electron chi connectivity index (χ2n) is 6.79. The summed E-state index contributed by atoms with van der Waals surface area (Å²) in [6, 6.07) is 12.5. The first-order chi connectivity index (χ1) is 11.1. The largest absolute Gasteiger partial charge is 0.469 e. The lowest BCUT2D eigenvalue weighted by atomic mass is 10.1. The molecule has 0 unspecified atom stereocenters. The van der Waals surface area contributed by atoms with Gasteiger partial charge < -0.3 is 14.2 Å². The van der Waals surface area contributed by atoms with Crippen LogP contribution >= 0.6 is 0 Å². The van der Waals surface area contributed by atoms with Crippen molar-refractivity contribution in [3.05, 3.63) is 54.0 Å². The molecule has 2 aliphatic rings. The maximum absolute atomic E-state index is 13.0. The molecule has 0 saturated heterocycles. The minimum Gasteiger partial charge on any atom is -0.469 e. The Hall–Kier alpha value is -2.23. The number of fused-ring (bicyclic) bond motifs is 1. The lowest BCUT2D eigenvalue weighted by molar-refractivity contribution is -0.135. The van der Waals surface area contributed by atoms with Crippen LogP contribution in [0.2, 0.25) is 0 Å². The lowest BCUT2D eigenvalue weighted by Gasteiger charge is -2.28. The minimum atomic E-state index is 0.0826. The maximum Gasteiger partial charge on any atom is 0.227 e. The third kappa shape index (κ3) is 2.52. The smallest absolute Gasteiger partial charge is 0.227 e. The molecule has 1 aliphatic heterocycles. The molecule has 23 heavy (non-hydrogen) atoms. The Balaban J connectivity index is 1.56. The highest BCUT2D eigenvalue weighted by molar-refractivity contribution is 5.83. The van der Waals surface area contributed by atoms with E-state index in [1.165, 1.54) is 11.3 Å². The molecule has 4 heteroatoms. The number of carbonyl (C=O) groups excluding carboxylic acids is 1. The summed E-state index contributed by atoms with van der Waals surface area (Å²) >= 11 is 0. The number of benzene rings is 1. The molecule has 1 saturated carbocycles. The van der Waals surface area contributed by atoms with Crippen molar-refractivity contribution >= 4 is 11.6 Å². The van der Waals surface area contributed by atoms with Crippen LogP contribution in [-0.2, 0) is 11.3 Å². The molecular weight excluding hydrogens is 288 g/mol. The summed E-state index contributed by atoms with van der Waals surface area (Å²) in [6.07, 6.45) is 2.60. The molecule has 1 amide bonds. The van der Waals surface area contributed by atoms with E-state index in [0.717, 1.165) is 18.7 Å². The zero-order valence-electron chi connectivity index (χ0n) is 13.6. The highest BCUT2D eigenvalue weighted by atomic mass is 16.3. The Kier molecular flexibility index (Phi) is 3.40. The van der Waals surface area contributed by atoms with E-state index in [9.17, 15) is 4.79 Å². The van der Waals surface area contributed by atoms with Gasteiger partial charge in [-0.05, 0) is 37.1 Å². The van der Waals surface area contributed by atoms with Crippen LogP contribution in [-0.4, -0.2) is 30.4 Å². The van der Waals surface area contributed by atoms with Gasteiger partial charge in [0.15, 0.2) is 0 Å². The molecule has 4 rings (SSSR count). The molecule has 3 atom stereocenters. The van der Waals surface area contributed by atoms with Crippen molar-refractivity contribution < 1.29 is 9.21 Å². The molecule has 1 aliphatic carbocycles. The standard InChI is InChI=1S/C19H22N2O2/c1-13-11-20(2)17-7-4-3-6-14(17)12-21(13)19(22)16-10-15(16)18-8-5-9-23-18/h3-9,13,15-16H,10-12H2,1-2H3/t13-,15-,16+/m1/s1. The van der Waals surface area contributed by atoms with Gasteiger partial charge in [0.2, 0.25) is 5.91 Å². The molecule has 0 N–H and O–H groups in total. The Labute approximate surface area is 136 Å². The van der Waals surface area contributed by atoms with Gasteiger partial charge in [0, 0.05) is 43.7 Å². The van der Waals surface area contributed by atoms with Crippen molar-refractivity contribution in [1.29, 1.82) is 0 Å². The van der Waals surface area contributed by atoms with Crippen molar-refractivity contribution in [1.82, 2.24) is 4.90 Å². The van der Waals surface area contributed by atoms with E-state index in [-0.39, 0.29) is 23.8 Å². The van der Waals surface area contributed by atoms with E-state index in [0.29, 0.717) is 6.54 Å². The maximum atomic E-state index is 13.0. The van der Waals surface area contributed by atoms with Gasteiger partial charge in [-0.15, -0.1) is 0 Å². The summed E-state index contributed by atoms with van der Waals surface area (Å²) in [5.41, 5.74) is 2.45. The van der Waals surface area contributed by atoms with Gasteiger partial charge in [-0.3, -0.25) is 4.79 Å². The fraction of sp³-hybridized carbons (Fsp3) is 0.421. The quantitative estimate of drug-likeness (QED) is 0.854. The topological polar surface area (TPSA) is 36.7 Å². The molecule has 1 aromatic heterocycles. The molecule has 2 aromatic rings. The predicted octanol–water partition coefficient (Wildman–Crippen LogP) is 3.25. The van der Waals surface area contributed by atoms with Crippen LogP contribution in [0.4, 0.5) is 5.69 Å². The number of anilines is 1. The molecule has 0 radical (unpaired) electrons. The zero-order chi connectivity index (χ0) is 16.0. The SMILES string of the molecule is C[C@@H]1CN(C)c2ccccc2CN1C(=O)[C@H]1C[C@H]1c1ccco1. The van der Waals surface area contributed by atoms with Crippen LogP contribution < -0.4 is 4.90 Å². The summed E-state index contributed by atoms with van der Waals surface area (Å²) in [4.78, 5) is 17.3. The number of furan rings is 1. The van der Waals surface area contributed by atoms with Gasteiger partial charge in [-0.2, -0.15) is 0 Å². The average molecular weight is 310 g/mol. The first kappa shape index (κ1) is 14.4. The van der Waals surface area contributed by atoms with E-state index in [1.807, 2.05) is 18.2 Å². The number of carbonyl (C=O) groups is 1. The van der Waals surface area contributed by atoms with Gasteiger partial charge in [-0.25, -0.2) is 0 Å². The number of hydrogen-bond donors (Lipinski definition) is 0. The molecule has 120 valence electrons. The third-order valence-electron chi connectivity index (χ3n) is 5.11.